The molecule has 4 nitrogen and oxygen atoms in total. The van der Waals surface area contributed by atoms with Gasteiger partial charge in [-0.2, -0.15) is 0 Å². The highest BCUT2D eigenvalue weighted by atomic mass is 35.5. The molecule has 1 saturated carbocycles. The fourth-order valence-corrected chi connectivity index (χ4v) is 5.51. The van der Waals surface area contributed by atoms with Crippen LogP contribution in [0.15, 0.2) is 11.0 Å². The maximum Gasteiger partial charge on any atom is 0.243 e. The molecule has 1 aromatic rings. The largest absolute Gasteiger partial charge is 0.329 e. The molecule has 110 valence electrons. The molecule has 0 spiro atoms. The first-order valence-corrected chi connectivity index (χ1v) is 8.53. The van der Waals surface area contributed by atoms with Gasteiger partial charge in [-0.3, -0.25) is 0 Å². The van der Waals surface area contributed by atoms with Crippen molar-refractivity contribution in [1.82, 2.24) is 4.72 Å². The van der Waals surface area contributed by atoms with Crippen molar-refractivity contribution in [3.63, 3.8) is 0 Å². The molecule has 2 rings (SSSR count). The monoisotopic (exact) mass is 364 g/mol. The van der Waals surface area contributed by atoms with Crippen molar-refractivity contribution in [1.29, 1.82) is 0 Å². The summed E-state index contributed by atoms with van der Waals surface area (Å²) in [6.07, 6.45) is 1.99. The third-order valence-corrected chi connectivity index (χ3v) is 6.55. The van der Waals surface area contributed by atoms with Crippen molar-refractivity contribution >= 4 is 57.0 Å². The number of nitrogens with one attached hydrogen (secondary N) is 1. The van der Waals surface area contributed by atoms with E-state index in [9.17, 15) is 8.42 Å². The van der Waals surface area contributed by atoms with Crippen LogP contribution in [0, 0.1) is 5.92 Å². The van der Waals surface area contributed by atoms with Crippen molar-refractivity contribution < 1.29 is 8.42 Å². The zero-order valence-electron chi connectivity index (χ0n) is 10.2. The third-order valence-electron chi connectivity index (χ3n) is 3.18. The molecule has 1 fully saturated rings. The van der Waals surface area contributed by atoms with Crippen molar-refractivity contribution in [2.45, 2.75) is 30.2 Å². The summed E-state index contributed by atoms with van der Waals surface area (Å²) in [5.41, 5.74) is 5.08. The van der Waals surface area contributed by atoms with Gasteiger partial charge in [-0.05, 0) is 31.7 Å². The van der Waals surface area contributed by atoms with Crippen LogP contribution in [-0.4, -0.2) is 20.5 Å². The van der Waals surface area contributed by atoms with Crippen molar-refractivity contribution in [3.05, 3.63) is 14.7 Å². The Balaban J connectivity index is 0.00000180. The Bertz CT molecular complexity index is 557. The van der Waals surface area contributed by atoms with E-state index in [-0.39, 0.29) is 28.2 Å². The predicted octanol–water partition coefficient (Wildman–Crippen LogP) is 2.88. The molecular formula is C10H15Cl3N2O2S2. The summed E-state index contributed by atoms with van der Waals surface area (Å²) in [7, 11) is -3.68. The summed E-state index contributed by atoms with van der Waals surface area (Å²) >= 11 is 12.7. The zero-order chi connectivity index (χ0) is 13.6. The molecule has 1 aromatic heterocycles. The lowest BCUT2D eigenvalue weighted by Gasteiger charge is -2.28. The van der Waals surface area contributed by atoms with Gasteiger partial charge in [0.15, 0.2) is 0 Å². The lowest BCUT2D eigenvalue weighted by molar-refractivity contribution is 0.374. The normalized spacial score (nSPS) is 18.7. The molecule has 9 heteroatoms. The maximum absolute atomic E-state index is 12.3. The minimum atomic E-state index is -3.68. The first-order chi connectivity index (χ1) is 8.28. The SMILES string of the molecule is CC(CN)(NS(=O)(=O)c1cc(Cl)sc1Cl)C1CC1.Cl. The first kappa shape index (κ1) is 17.5. The van der Waals surface area contributed by atoms with E-state index >= 15 is 0 Å². The molecule has 1 aliphatic carbocycles. The van der Waals surface area contributed by atoms with Gasteiger partial charge in [0.1, 0.15) is 9.23 Å². The number of nitrogens with two attached hydrogens (primary N) is 1. The van der Waals surface area contributed by atoms with Crippen LogP contribution in [-0.2, 0) is 10.0 Å². The van der Waals surface area contributed by atoms with Gasteiger partial charge in [0.05, 0.1) is 4.34 Å². The number of hydrogen-bond donors (Lipinski definition) is 2. The van der Waals surface area contributed by atoms with Gasteiger partial charge in [-0.15, -0.1) is 23.7 Å². The first-order valence-electron chi connectivity index (χ1n) is 5.47. The highest BCUT2D eigenvalue weighted by molar-refractivity contribution is 7.89. The van der Waals surface area contributed by atoms with Gasteiger partial charge < -0.3 is 5.73 Å². The molecule has 0 radical (unpaired) electrons. The van der Waals surface area contributed by atoms with Gasteiger partial charge in [0.25, 0.3) is 0 Å². The fraction of sp³-hybridized carbons (Fsp3) is 0.600. The summed E-state index contributed by atoms with van der Waals surface area (Å²) in [5, 5.41) is 0. The highest BCUT2D eigenvalue weighted by Crippen LogP contribution is 2.41. The fourth-order valence-electron chi connectivity index (χ4n) is 1.88. The average molecular weight is 366 g/mol. The molecule has 0 amide bonds. The Labute approximate surface area is 133 Å². The lowest BCUT2D eigenvalue weighted by atomic mass is 9.98. The Morgan fingerprint density at radius 1 is 1.53 bits per heavy atom. The molecule has 1 aliphatic rings. The van der Waals surface area contributed by atoms with E-state index in [0.717, 1.165) is 24.2 Å². The van der Waals surface area contributed by atoms with Gasteiger partial charge in [-0.1, -0.05) is 23.2 Å². The molecular weight excluding hydrogens is 351 g/mol. The molecule has 0 bridgehead atoms. The molecule has 1 heterocycles. The van der Waals surface area contributed by atoms with Crippen LogP contribution in [0.25, 0.3) is 0 Å². The highest BCUT2D eigenvalue weighted by Gasteiger charge is 2.43. The maximum atomic E-state index is 12.3. The van der Waals surface area contributed by atoms with Crippen LogP contribution in [0.5, 0.6) is 0 Å². The second-order valence-electron chi connectivity index (χ2n) is 4.69. The molecule has 0 aliphatic heterocycles. The molecule has 1 atom stereocenters. The second kappa shape index (κ2) is 6.05. The van der Waals surface area contributed by atoms with E-state index < -0.39 is 15.6 Å². The van der Waals surface area contributed by atoms with Crippen LogP contribution in [0.2, 0.25) is 8.67 Å². The van der Waals surface area contributed by atoms with Gasteiger partial charge >= 0.3 is 0 Å². The number of hydrogen-bond acceptors (Lipinski definition) is 4. The van der Waals surface area contributed by atoms with Crippen LogP contribution in [0.4, 0.5) is 0 Å². The van der Waals surface area contributed by atoms with Crippen molar-refractivity contribution in [2.24, 2.45) is 11.7 Å². The van der Waals surface area contributed by atoms with Gasteiger partial charge in [-0.25, -0.2) is 13.1 Å². The molecule has 3 N–H and O–H groups in total. The Morgan fingerprint density at radius 2 is 2.11 bits per heavy atom. The number of rotatable bonds is 5. The van der Waals surface area contributed by atoms with E-state index in [1.54, 1.807) is 0 Å². The second-order valence-corrected chi connectivity index (χ2v) is 8.63. The van der Waals surface area contributed by atoms with Crippen molar-refractivity contribution in [3.8, 4) is 0 Å². The minimum Gasteiger partial charge on any atom is -0.329 e. The topological polar surface area (TPSA) is 72.2 Å². The minimum absolute atomic E-state index is 0. The van der Waals surface area contributed by atoms with E-state index in [0.29, 0.717) is 10.3 Å². The Kier molecular flexibility index (Phi) is 5.57. The van der Waals surface area contributed by atoms with Crippen LogP contribution in [0.1, 0.15) is 19.8 Å². The standard InChI is InChI=1S/C10H14Cl2N2O2S2.ClH/c1-10(5-13,6-2-3-6)14-18(15,16)7-4-8(11)17-9(7)12;/h4,6,14H,2-3,5,13H2,1H3;1H. The molecule has 0 saturated heterocycles. The van der Waals surface area contributed by atoms with Gasteiger partial charge in [0.2, 0.25) is 10.0 Å². The quantitative estimate of drug-likeness (QED) is 0.842. The zero-order valence-corrected chi connectivity index (χ0v) is 14.1. The summed E-state index contributed by atoms with van der Waals surface area (Å²) in [6, 6.07) is 1.36. The Hall–Kier alpha value is 0.440. The number of halogens is 3. The van der Waals surface area contributed by atoms with Crippen LogP contribution >= 0.6 is 46.9 Å². The molecule has 1 unspecified atom stereocenters. The summed E-state index contributed by atoms with van der Waals surface area (Å²) < 4.78 is 27.7. The lowest BCUT2D eigenvalue weighted by Crippen LogP contribution is -2.52. The predicted molar refractivity (Wildman–Crippen MR) is 82.1 cm³/mol. The summed E-state index contributed by atoms with van der Waals surface area (Å²) in [4.78, 5) is 0.0273. The van der Waals surface area contributed by atoms with E-state index in [1.807, 2.05) is 6.92 Å². The molecule has 19 heavy (non-hydrogen) atoms. The Morgan fingerprint density at radius 3 is 2.47 bits per heavy atom. The number of sulfonamides is 1. The van der Waals surface area contributed by atoms with Gasteiger partial charge in [0, 0.05) is 12.1 Å². The van der Waals surface area contributed by atoms with E-state index in [1.165, 1.54) is 6.07 Å². The van der Waals surface area contributed by atoms with E-state index in [2.05, 4.69) is 4.72 Å². The third kappa shape index (κ3) is 3.75. The smallest absolute Gasteiger partial charge is 0.243 e. The van der Waals surface area contributed by atoms with Crippen molar-refractivity contribution in [2.75, 3.05) is 6.54 Å². The average Bonchev–Trinajstić information content (AvgIpc) is 3.04. The van der Waals surface area contributed by atoms with E-state index in [4.69, 9.17) is 28.9 Å². The summed E-state index contributed by atoms with van der Waals surface area (Å²) in [5.74, 6) is 0.296. The number of thiophene rings is 1. The van der Waals surface area contributed by atoms with Crippen LogP contribution < -0.4 is 10.5 Å². The molecule has 0 aromatic carbocycles. The summed E-state index contributed by atoms with van der Waals surface area (Å²) in [6.45, 7) is 2.08. The van der Waals surface area contributed by atoms with Crippen LogP contribution in [0.3, 0.4) is 0 Å².